The number of ether oxygens (including phenoxy) is 1. The van der Waals surface area contributed by atoms with Crippen LogP contribution in [0.2, 0.25) is 0 Å². The van der Waals surface area contributed by atoms with E-state index in [0.29, 0.717) is 19.6 Å². The molecular weight excluding hydrogens is 408 g/mol. The topological polar surface area (TPSA) is 32.8 Å². The summed E-state index contributed by atoms with van der Waals surface area (Å²) in [6.07, 6.45) is 5.19. The molecule has 31 heavy (non-hydrogen) atoms. The standard InChI is InChI=1S/C26H34N2O2.ClH/c1-20-4-3-14-27(20)15-11-21-5-7-22(8-6-21)24-10-9-23-12-16-28(19-25(23)18-24)26(29)13-17-30-2;/h5-10,18,20H,3-4,11-17,19H2,1-2H3;1H. The second-order valence-corrected chi connectivity index (χ2v) is 8.77. The van der Waals surface area contributed by atoms with Crippen LogP contribution in [0.4, 0.5) is 0 Å². The third-order valence-corrected chi connectivity index (χ3v) is 6.76. The molecule has 2 aromatic rings. The number of nitrogens with zero attached hydrogens (tertiary/aromatic N) is 2. The number of halogens is 1. The maximum Gasteiger partial charge on any atom is 0.225 e. The Bertz CT molecular complexity index is 868. The van der Waals surface area contributed by atoms with Crippen molar-refractivity contribution in [1.29, 1.82) is 0 Å². The lowest BCUT2D eigenvalue weighted by Crippen LogP contribution is -2.36. The number of rotatable bonds is 7. The summed E-state index contributed by atoms with van der Waals surface area (Å²) in [6.45, 7) is 6.76. The van der Waals surface area contributed by atoms with Gasteiger partial charge in [-0.2, -0.15) is 0 Å². The number of hydrogen-bond donors (Lipinski definition) is 0. The van der Waals surface area contributed by atoms with Gasteiger partial charge in [-0.05, 0) is 73.0 Å². The second kappa shape index (κ2) is 11.1. The number of carbonyl (C=O) groups is 1. The lowest BCUT2D eigenvalue weighted by molar-refractivity contribution is -0.133. The first-order chi connectivity index (χ1) is 14.6. The van der Waals surface area contributed by atoms with Gasteiger partial charge in [-0.3, -0.25) is 4.79 Å². The summed E-state index contributed by atoms with van der Waals surface area (Å²) >= 11 is 0. The minimum Gasteiger partial charge on any atom is -0.384 e. The average Bonchev–Trinajstić information content (AvgIpc) is 3.20. The molecule has 0 N–H and O–H groups in total. The van der Waals surface area contributed by atoms with Crippen LogP contribution in [-0.4, -0.2) is 55.1 Å². The fourth-order valence-electron chi connectivity index (χ4n) is 4.76. The molecule has 4 nitrogen and oxygen atoms in total. The van der Waals surface area contributed by atoms with Crippen molar-refractivity contribution in [3.63, 3.8) is 0 Å². The molecule has 2 aromatic carbocycles. The monoisotopic (exact) mass is 442 g/mol. The predicted molar refractivity (Wildman–Crippen MR) is 129 cm³/mol. The fraction of sp³-hybridized carbons (Fsp3) is 0.500. The summed E-state index contributed by atoms with van der Waals surface area (Å²) < 4.78 is 5.06. The first kappa shape index (κ1) is 23.8. The largest absolute Gasteiger partial charge is 0.384 e. The molecule has 2 aliphatic rings. The van der Waals surface area contributed by atoms with Crippen molar-refractivity contribution >= 4 is 18.3 Å². The van der Waals surface area contributed by atoms with Crippen LogP contribution >= 0.6 is 12.4 Å². The molecule has 1 saturated heterocycles. The van der Waals surface area contributed by atoms with Crippen LogP contribution in [0.1, 0.15) is 42.9 Å². The number of methoxy groups -OCH3 is 1. The summed E-state index contributed by atoms with van der Waals surface area (Å²) in [5.74, 6) is 0.185. The van der Waals surface area contributed by atoms with Gasteiger partial charge in [-0.1, -0.05) is 36.4 Å². The molecule has 0 radical (unpaired) electrons. The molecule has 1 fully saturated rings. The van der Waals surface area contributed by atoms with Gasteiger partial charge in [-0.25, -0.2) is 0 Å². The number of benzene rings is 2. The van der Waals surface area contributed by atoms with Gasteiger partial charge in [-0.15, -0.1) is 12.4 Å². The van der Waals surface area contributed by atoms with Gasteiger partial charge in [0.25, 0.3) is 0 Å². The van der Waals surface area contributed by atoms with Gasteiger partial charge < -0.3 is 14.5 Å². The Labute approximate surface area is 193 Å². The quantitative estimate of drug-likeness (QED) is 0.621. The zero-order valence-electron chi connectivity index (χ0n) is 18.8. The lowest BCUT2D eigenvalue weighted by Gasteiger charge is -2.29. The summed E-state index contributed by atoms with van der Waals surface area (Å²) in [7, 11) is 1.64. The van der Waals surface area contributed by atoms with Gasteiger partial charge in [0.1, 0.15) is 0 Å². The summed E-state index contributed by atoms with van der Waals surface area (Å²) in [4.78, 5) is 17.0. The zero-order valence-corrected chi connectivity index (χ0v) is 19.6. The Balaban J connectivity index is 0.00000272. The van der Waals surface area contributed by atoms with E-state index in [9.17, 15) is 4.79 Å². The minimum absolute atomic E-state index is 0. The van der Waals surface area contributed by atoms with Gasteiger partial charge in [0.05, 0.1) is 13.0 Å². The molecule has 0 aromatic heterocycles. The number of hydrogen-bond acceptors (Lipinski definition) is 3. The molecule has 1 unspecified atom stereocenters. The number of likely N-dealkylation sites (tertiary alicyclic amines) is 1. The third-order valence-electron chi connectivity index (χ3n) is 6.76. The van der Waals surface area contributed by atoms with E-state index in [1.54, 1.807) is 7.11 Å². The smallest absolute Gasteiger partial charge is 0.225 e. The van der Waals surface area contributed by atoms with E-state index in [2.05, 4.69) is 54.3 Å². The molecule has 0 spiro atoms. The molecule has 0 aliphatic carbocycles. The molecule has 5 heteroatoms. The van der Waals surface area contributed by atoms with Crippen molar-refractivity contribution in [3.05, 3.63) is 59.2 Å². The zero-order chi connectivity index (χ0) is 20.9. The van der Waals surface area contributed by atoms with Crippen molar-refractivity contribution in [3.8, 4) is 11.1 Å². The van der Waals surface area contributed by atoms with Crippen LogP contribution in [0, 0.1) is 0 Å². The third kappa shape index (κ3) is 5.88. The Morgan fingerprint density at radius 2 is 1.84 bits per heavy atom. The molecule has 168 valence electrons. The minimum atomic E-state index is 0. The van der Waals surface area contributed by atoms with Crippen molar-refractivity contribution in [1.82, 2.24) is 9.80 Å². The maximum atomic E-state index is 12.4. The molecule has 2 heterocycles. The molecule has 0 bridgehead atoms. The van der Waals surface area contributed by atoms with Gasteiger partial charge >= 0.3 is 0 Å². The van der Waals surface area contributed by atoms with Crippen LogP contribution < -0.4 is 0 Å². The van der Waals surface area contributed by atoms with E-state index in [0.717, 1.165) is 32.0 Å². The van der Waals surface area contributed by atoms with Gasteiger partial charge in [0.2, 0.25) is 5.91 Å². The molecule has 4 rings (SSSR count). The summed E-state index contributed by atoms with van der Waals surface area (Å²) in [5, 5.41) is 0. The first-order valence-corrected chi connectivity index (χ1v) is 11.4. The Morgan fingerprint density at radius 1 is 1.06 bits per heavy atom. The first-order valence-electron chi connectivity index (χ1n) is 11.4. The fourth-order valence-corrected chi connectivity index (χ4v) is 4.76. The summed E-state index contributed by atoms with van der Waals surface area (Å²) in [6, 6.07) is 16.5. The van der Waals surface area contributed by atoms with E-state index < -0.39 is 0 Å². The van der Waals surface area contributed by atoms with Crippen LogP contribution in [0.15, 0.2) is 42.5 Å². The summed E-state index contributed by atoms with van der Waals surface area (Å²) in [5.41, 5.74) is 6.53. The van der Waals surface area contributed by atoms with Gasteiger partial charge in [0.15, 0.2) is 0 Å². The molecular formula is C26H35ClN2O2. The highest BCUT2D eigenvalue weighted by atomic mass is 35.5. The van der Waals surface area contributed by atoms with Crippen LogP contribution in [0.3, 0.4) is 0 Å². The van der Waals surface area contributed by atoms with Crippen LogP contribution in [0.5, 0.6) is 0 Å². The number of carbonyl (C=O) groups excluding carboxylic acids is 1. The average molecular weight is 443 g/mol. The molecule has 1 atom stereocenters. The van der Waals surface area contributed by atoms with E-state index in [4.69, 9.17) is 4.74 Å². The van der Waals surface area contributed by atoms with E-state index in [-0.39, 0.29) is 18.3 Å². The van der Waals surface area contributed by atoms with Crippen molar-refractivity contribution in [2.75, 3.05) is 33.4 Å². The Hall–Kier alpha value is -1.88. The second-order valence-electron chi connectivity index (χ2n) is 8.77. The molecule has 1 amide bonds. The highest BCUT2D eigenvalue weighted by molar-refractivity contribution is 5.85. The normalized spacial score (nSPS) is 18.5. The van der Waals surface area contributed by atoms with Gasteiger partial charge in [0, 0.05) is 32.8 Å². The van der Waals surface area contributed by atoms with Crippen molar-refractivity contribution in [2.45, 2.75) is 51.6 Å². The maximum absolute atomic E-state index is 12.4. The number of amides is 1. The van der Waals surface area contributed by atoms with Crippen LogP contribution in [0.25, 0.3) is 11.1 Å². The Kier molecular flexibility index (Phi) is 8.53. The van der Waals surface area contributed by atoms with E-state index >= 15 is 0 Å². The van der Waals surface area contributed by atoms with E-state index in [1.165, 1.54) is 47.2 Å². The Morgan fingerprint density at radius 3 is 2.55 bits per heavy atom. The highest BCUT2D eigenvalue weighted by Crippen LogP contribution is 2.27. The number of fused-ring (bicyclic) bond motifs is 1. The SMILES string of the molecule is COCCC(=O)N1CCc2ccc(-c3ccc(CCN4CCCC4C)cc3)cc2C1.Cl. The predicted octanol–water partition coefficient (Wildman–Crippen LogP) is 4.72. The lowest BCUT2D eigenvalue weighted by atomic mass is 9.94. The highest BCUT2D eigenvalue weighted by Gasteiger charge is 2.21. The van der Waals surface area contributed by atoms with E-state index in [1.807, 2.05) is 4.90 Å². The van der Waals surface area contributed by atoms with Crippen molar-refractivity contribution < 1.29 is 9.53 Å². The van der Waals surface area contributed by atoms with Crippen molar-refractivity contribution in [2.24, 2.45) is 0 Å². The molecule has 0 saturated carbocycles. The molecule has 2 aliphatic heterocycles. The van der Waals surface area contributed by atoms with Crippen LogP contribution in [-0.2, 0) is 28.9 Å².